The van der Waals surface area contributed by atoms with Crippen LogP contribution in [0.4, 0.5) is 5.69 Å². The number of nitrogens with one attached hydrogen (secondary N) is 1. The summed E-state index contributed by atoms with van der Waals surface area (Å²) in [6, 6.07) is 21.5. The minimum atomic E-state index is -0.203. The fraction of sp³-hybridized carbons (Fsp3) is 0.0952. The first-order valence-electron chi connectivity index (χ1n) is 8.12. The molecule has 0 atom stereocenters. The third-order valence-corrected chi connectivity index (χ3v) is 4.05. The van der Waals surface area contributed by atoms with E-state index in [1.807, 2.05) is 24.3 Å². The molecule has 0 saturated heterocycles. The number of anilines is 1. The van der Waals surface area contributed by atoms with Crippen molar-refractivity contribution < 1.29 is 14.6 Å². The Morgan fingerprint density at radius 2 is 1.69 bits per heavy atom. The molecule has 0 aliphatic carbocycles. The van der Waals surface area contributed by atoms with Crippen LogP contribution in [0, 0.1) is 0 Å². The van der Waals surface area contributed by atoms with Crippen molar-refractivity contribution >= 4 is 23.2 Å². The lowest BCUT2D eigenvalue weighted by Crippen LogP contribution is -2.12. The molecule has 0 heterocycles. The molecular weight excluding hydrogens is 350 g/mol. The second-order valence-corrected chi connectivity index (χ2v) is 6.19. The molecule has 0 bridgehead atoms. The summed E-state index contributed by atoms with van der Waals surface area (Å²) in [4.78, 5) is 12.3. The molecule has 0 radical (unpaired) electrons. The third-order valence-electron chi connectivity index (χ3n) is 3.80. The van der Waals surface area contributed by atoms with Crippen LogP contribution in [0.3, 0.4) is 0 Å². The molecule has 2 N–H and O–H groups in total. The molecule has 3 rings (SSSR count). The molecule has 1 amide bonds. The smallest absolute Gasteiger partial charge is 0.255 e. The van der Waals surface area contributed by atoms with E-state index in [0.717, 1.165) is 16.9 Å². The van der Waals surface area contributed by atoms with Crippen LogP contribution in [0.2, 0.25) is 5.02 Å². The Morgan fingerprint density at radius 1 is 0.962 bits per heavy atom. The van der Waals surface area contributed by atoms with E-state index in [9.17, 15) is 4.79 Å². The topological polar surface area (TPSA) is 58.6 Å². The van der Waals surface area contributed by atoms with E-state index in [-0.39, 0.29) is 12.5 Å². The van der Waals surface area contributed by atoms with Crippen LogP contribution >= 0.6 is 11.6 Å². The number of benzene rings is 3. The van der Waals surface area contributed by atoms with Gasteiger partial charge in [0.1, 0.15) is 12.4 Å². The Kier molecular flexibility index (Phi) is 5.89. The van der Waals surface area contributed by atoms with Gasteiger partial charge in [0, 0.05) is 16.3 Å². The predicted molar refractivity (Wildman–Crippen MR) is 103 cm³/mol. The molecule has 0 spiro atoms. The van der Waals surface area contributed by atoms with E-state index in [4.69, 9.17) is 21.4 Å². The van der Waals surface area contributed by atoms with E-state index in [1.54, 1.807) is 48.5 Å². The van der Waals surface area contributed by atoms with Crippen molar-refractivity contribution in [2.45, 2.75) is 13.2 Å². The zero-order valence-corrected chi connectivity index (χ0v) is 14.7. The summed E-state index contributed by atoms with van der Waals surface area (Å²) in [6.07, 6.45) is 0. The first-order chi connectivity index (χ1) is 12.6. The van der Waals surface area contributed by atoms with E-state index < -0.39 is 0 Å². The maximum Gasteiger partial charge on any atom is 0.255 e. The van der Waals surface area contributed by atoms with Crippen LogP contribution in [-0.4, -0.2) is 11.0 Å². The zero-order valence-electron chi connectivity index (χ0n) is 14.0. The Morgan fingerprint density at radius 3 is 2.38 bits per heavy atom. The molecule has 0 unspecified atom stereocenters. The maximum atomic E-state index is 12.3. The number of hydrogen-bond donors (Lipinski definition) is 2. The molecule has 5 heteroatoms. The molecule has 3 aromatic rings. The Balaban J connectivity index is 1.59. The second-order valence-electron chi connectivity index (χ2n) is 5.75. The molecule has 0 aliphatic rings. The summed E-state index contributed by atoms with van der Waals surface area (Å²) in [5, 5.41) is 12.6. The van der Waals surface area contributed by atoms with Gasteiger partial charge in [0.25, 0.3) is 5.91 Å². The molecule has 3 aromatic carbocycles. The highest BCUT2D eigenvalue weighted by atomic mass is 35.5. The average molecular weight is 368 g/mol. The van der Waals surface area contributed by atoms with Crippen LogP contribution in [-0.2, 0) is 13.2 Å². The fourth-order valence-electron chi connectivity index (χ4n) is 2.40. The Hall–Kier alpha value is -2.82. The van der Waals surface area contributed by atoms with Crippen molar-refractivity contribution in [3.05, 3.63) is 94.5 Å². The molecule has 0 aliphatic heterocycles. The van der Waals surface area contributed by atoms with Gasteiger partial charge < -0.3 is 15.2 Å². The summed E-state index contributed by atoms with van der Waals surface area (Å²) >= 11 is 5.84. The van der Waals surface area contributed by atoms with Gasteiger partial charge in [-0.15, -0.1) is 0 Å². The van der Waals surface area contributed by atoms with Crippen molar-refractivity contribution in [1.82, 2.24) is 0 Å². The van der Waals surface area contributed by atoms with Gasteiger partial charge >= 0.3 is 0 Å². The van der Waals surface area contributed by atoms with Gasteiger partial charge in [-0.1, -0.05) is 35.9 Å². The van der Waals surface area contributed by atoms with Crippen molar-refractivity contribution in [3.63, 3.8) is 0 Å². The minimum Gasteiger partial charge on any atom is -0.489 e. The minimum absolute atomic E-state index is 0.0635. The molecule has 4 nitrogen and oxygen atoms in total. The van der Waals surface area contributed by atoms with Crippen LogP contribution in [0.1, 0.15) is 21.5 Å². The largest absolute Gasteiger partial charge is 0.489 e. The lowest BCUT2D eigenvalue weighted by molar-refractivity contribution is 0.102. The van der Waals surface area contributed by atoms with Gasteiger partial charge in [-0.25, -0.2) is 0 Å². The van der Waals surface area contributed by atoms with Crippen molar-refractivity contribution in [2.75, 3.05) is 5.32 Å². The third kappa shape index (κ3) is 4.85. The number of amides is 1. The Labute approximate surface area is 157 Å². The summed E-state index contributed by atoms with van der Waals surface area (Å²) in [6.45, 7) is 0.341. The second kappa shape index (κ2) is 8.52. The highest BCUT2D eigenvalue weighted by Crippen LogP contribution is 2.17. The van der Waals surface area contributed by atoms with Crippen LogP contribution in [0.25, 0.3) is 0 Å². The number of carbonyl (C=O) groups excluding carboxylic acids is 1. The molecule has 0 fully saturated rings. The number of ether oxygens (including phenoxy) is 1. The van der Waals surface area contributed by atoms with Crippen LogP contribution < -0.4 is 10.1 Å². The monoisotopic (exact) mass is 367 g/mol. The number of hydrogen-bond acceptors (Lipinski definition) is 3. The first-order valence-corrected chi connectivity index (χ1v) is 8.50. The van der Waals surface area contributed by atoms with E-state index in [2.05, 4.69) is 5.32 Å². The number of carbonyl (C=O) groups is 1. The Bertz CT molecular complexity index is 877. The number of halogens is 1. The van der Waals surface area contributed by atoms with Crippen molar-refractivity contribution in [2.24, 2.45) is 0 Å². The average Bonchev–Trinajstić information content (AvgIpc) is 2.68. The van der Waals surface area contributed by atoms with Gasteiger partial charge in [-0.05, 0) is 59.7 Å². The van der Waals surface area contributed by atoms with Gasteiger partial charge in [0.15, 0.2) is 0 Å². The predicted octanol–water partition coefficient (Wildman–Crippen LogP) is 4.66. The van der Waals surface area contributed by atoms with Crippen LogP contribution in [0.15, 0.2) is 72.8 Å². The van der Waals surface area contributed by atoms with E-state index in [1.165, 1.54) is 0 Å². The van der Waals surface area contributed by atoms with Crippen molar-refractivity contribution in [1.29, 1.82) is 0 Å². The molecule has 0 saturated carbocycles. The summed E-state index contributed by atoms with van der Waals surface area (Å²) in [7, 11) is 0. The molecular formula is C21H18ClNO3. The molecule has 26 heavy (non-hydrogen) atoms. The number of aliphatic hydroxyl groups excluding tert-OH is 1. The molecule has 0 aromatic heterocycles. The van der Waals surface area contributed by atoms with Crippen LogP contribution in [0.5, 0.6) is 5.75 Å². The highest BCUT2D eigenvalue weighted by molar-refractivity contribution is 6.30. The number of rotatable bonds is 6. The SMILES string of the molecule is O=C(Nc1cccc(CO)c1)c1ccc(COc2ccc(Cl)cc2)cc1. The number of aliphatic hydroxyl groups is 1. The highest BCUT2D eigenvalue weighted by Gasteiger charge is 2.07. The maximum absolute atomic E-state index is 12.3. The molecule has 132 valence electrons. The van der Waals surface area contributed by atoms with Crippen molar-refractivity contribution in [3.8, 4) is 5.75 Å². The van der Waals surface area contributed by atoms with E-state index >= 15 is 0 Å². The van der Waals surface area contributed by atoms with Gasteiger partial charge in [0.2, 0.25) is 0 Å². The van der Waals surface area contributed by atoms with Gasteiger partial charge in [0.05, 0.1) is 6.61 Å². The zero-order chi connectivity index (χ0) is 18.4. The quantitative estimate of drug-likeness (QED) is 0.666. The normalized spacial score (nSPS) is 10.4. The fourth-order valence-corrected chi connectivity index (χ4v) is 2.53. The lowest BCUT2D eigenvalue weighted by atomic mass is 10.1. The summed E-state index contributed by atoms with van der Waals surface area (Å²) in [5.74, 6) is 0.533. The van der Waals surface area contributed by atoms with Gasteiger partial charge in [-0.3, -0.25) is 4.79 Å². The summed E-state index contributed by atoms with van der Waals surface area (Å²) in [5.41, 5.74) is 2.91. The first kappa shape index (κ1) is 18.0. The van der Waals surface area contributed by atoms with Gasteiger partial charge in [-0.2, -0.15) is 0 Å². The standard InChI is InChI=1S/C21H18ClNO3/c22-18-8-10-20(11-9-18)26-14-15-4-6-17(7-5-15)21(25)23-19-3-1-2-16(12-19)13-24/h1-12,24H,13-14H2,(H,23,25). The van der Waals surface area contributed by atoms with E-state index in [0.29, 0.717) is 22.9 Å². The lowest BCUT2D eigenvalue weighted by Gasteiger charge is -2.09. The summed E-state index contributed by atoms with van der Waals surface area (Å²) < 4.78 is 5.69.